The number of pyridine rings is 1. The monoisotopic (exact) mass is 1140 g/mol. The van der Waals surface area contributed by atoms with E-state index in [2.05, 4.69) is 0 Å². The number of carbonyl (C=O) groups excluding carboxylic acids is 1. The van der Waals surface area contributed by atoms with E-state index in [1.165, 1.54) is 10.6 Å². The summed E-state index contributed by atoms with van der Waals surface area (Å²) in [5, 5.41) is 21.0. The number of rotatable bonds is 7. The van der Waals surface area contributed by atoms with E-state index in [0.29, 0.717) is 10.9 Å². The lowest BCUT2D eigenvalue weighted by Gasteiger charge is -2.46. The third kappa shape index (κ3) is 13.0. The van der Waals surface area contributed by atoms with Crippen molar-refractivity contribution in [2.45, 2.75) is 56.0 Å². The first kappa shape index (κ1) is 59.6. The number of fused-ring (bicyclic) bond motifs is 1. The number of hydrogen-bond acceptors (Lipinski definition) is 3. The lowest BCUT2D eigenvalue weighted by molar-refractivity contribution is -0.687. The number of alkyl halides is 24. The Bertz CT molecular complexity index is 2930. The van der Waals surface area contributed by atoms with E-state index in [9.17, 15) is 120 Å². The van der Waals surface area contributed by atoms with E-state index in [4.69, 9.17) is 0 Å². The maximum Gasteiger partial charge on any atom is 0.416 e. The average molecular weight is 1140 g/mol. The highest BCUT2D eigenvalue weighted by Gasteiger charge is 2.47. The van der Waals surface area contributed by atoms with Crippen LogP contribution in [0.15, 0.2) is 134 Å². The van der Waals surface area contributed by atoms with Crippen molar-refractivity contribution in [1.29, 1.82) is 0 Å². The number of hydrogen-bond donors (Lipinski definition) is 2. The molecule has 0 saturated carbocycles. The van der Waals surface area contributed by atoms with E-state index in [1.54, 1.807) is 48.7 Å². The molecule has 0 aliphatic rings. The first-order valence-corrected chi connectivity index (χ1v) is 21.2. The molecule has 0 unspecified atom stereocenters. The van der Waals surface area contributed by atoms with Crippen molar-refractivity contribution in [3.63, 3.8) is 0 Å². The first-order chi connectivity index (χ1) is 35.4. The van der Waals surface area contributed by atoms with Crippen LogP contribution in [0.2, 0.25) is 0 Å². The van der Waals surface area contributed by atoms with Gasteiger partial charge < -0.3 is 10.2 Å². The number of phenolic OH excluding ortho intramolecular Hbond substituents is 1. The van der Waals surface area contributed by atoms with E-state index in [0.717, 1.165) is 5.39 Å². The Morgan fingerprint density at radius 3 is 0.923 bits per heavy atom. The van der Waals surface area contributed by atoms with Gasteiger partial charge in [-0.2, -0.15) is 132 Å². The molecule has 29 heteroatoms. The van der Waals surface area contributed by atoms with Gasteiger partial charge in [0.25, 0.3) is 0 Å². The van der Waals surface area contributed by atoms with Gasteiger partial charge in [0.1, 0.15) is 11.9 Å². The van der Waals surface area contributed by atoms with Crippen LogP contribution < -0.4 is 26.4 Å². The summed E-state index contributed by atoms with van der Waals surface area (Å²) in [6.45, 7) is 0.0622. The molecule has 0 saturated heterocycles. The molecule has 2 N–H and O–H groups in total. The van der Waals surface area contributed by atoms with Crippen LogP contribution in [0.3, 0.4) is 0 Å². The third-order valence-electron chi connectivity index (χ3n) is 11.8. The van der Waals surface area contributed by atoms with Crippen molar-refractivity contribution < 1.29 is 125 Å². The summed E-state index contributed by atoms with van der Waals surface area (Å²) in [4.78, 5) is 12.2. The molecule has 0 fully saturated rings. The number of benzene rings is 6. The Morgan fingerprint density at radius 1 is 0.372 bits per heavy atom. The fourth-order valence-electron chi connectivity index (χ4n) is 8.36. The second-order valence-electron chi connectivity index (χ2n) is 17.1. The Morgan fingerprint density at radius 2 is 0.654 bits per heavy atom. The van der Waals surface area contributed by atoms with E-state index in [-0.39, 0.29) is 24.0 Å². The SMILES string of the molecule is FC(F)(F)c1cc([B-](c2cc(C(F)(F)F)cc(C(F)(F)F)c2)(c2cc(C(F)(F)F)cc(C(F)(F)F)c2)c2cc(C(F)(F)F)cc(C(F)(F)F)c2)cc(C(F)(F)F)c1.O=C(C[n+]1ccc2cc(O)ccc2c1O)c1ccccc1. The number of Topliss-reactive ketones (excluding diaryl/α,β-unsaturated/α-hetero) is 1. The molecule has 6 aromatic carbocycles. The van der Waals surface area contributed by atoms with Crippen molar-refractivity contribution in [2.24, 2.45) is 0 Å². The molecular weight excluding hydrogens is 1120 g/mol. The molecule has 0 spiro atoms. The van der Waals surface area contributed by atoms with Gasteiger partial charge in [-0.25, -0.2) is 0 Å². The Labute approximate surface area is 420 Å². The second kappa shape index (κ2) is 20.3. The van der Waals surface area contributed by atoms with Crippen LogP contribution in [0.25, 0.3) is 10.8 Å². The van der Waals surface area contributed by atoms with Crippen LogP contribution in [0.5, 0.6) is 11.6 Å². The molecule has 0 amide bonds. The van der Waals surface area contributed by atoms with Crippen molar-refractivity contribution in [3.05, 3.63) is 184 Å². The highest BCUT2D eigenvalue weighted by Crippen LogP contribution is 2.41. The number of ketones is 1. The summed E-state index contributed by atoms with van der Waals surface area (Å²) >= 11 is 0. The largest absolute Gasteiger partial charge is 0.508 e. The van der Waals surface area contributed by atoms with Crippen molar-refractivity contribution in [1.82, 2.24) is 0 Å². The fraction of sp³-hybridized carbons (Fsp3) is 0.184. The van der Waals surface area contributed by atoms with Gasteiger partial charge in [-0.05, 0) is 42.5 Å². The Hall–Kier alpha value is -7.62. The zero-order valence-corrected chi connectivity index (χ0v) is 37.8. The summed E-state index contributed by atoms with van der Waals surface area (Å²) in [5.74, 6) is 0.0748. The Kier molecular flexibility index (Phi) is 15.5. The van der Waals surface area contributed by atoms with Crippen LogP contribution in [-0.4, -0.2) is 22.1 Å². The van der Waals surface area contributed by atoms with Gasteiger partial charge in [-0.1, -0.05) is 78.9 Å². The molecular formula is C49H26BF24NO3. The molecule has 416 valence electrons. The normalized spacial score (nSPS) is 13.3. The van der Waals surface area contributed by atoms with E-state index in [1.807, 2.05) is 6.07 Å². The van der Waals surface area contributed by atoms with Gasteiger partial charge in [0, 0.05) is 17.0 Å². The van der Waals surface area contributed by atoms with Crippen molar-refractivity contribution in [2.75, 3.05) is 0 Å². The minimum absolute atomic E-state index is 0.0109. The smallest absolute Gasteiger partial charge is 0.416 e. The number of halogens is 24. The van der Waals surface area contributed by atoms with Crippen LogP contribution >= 0.6 is 0 Å². The molecule has 1 aromatic heterocycles. The van der Waals surface area contributed by atoms with Crippen LogP contribution in [0.1, 0.15) is 54.9 Å². The summed E-state index contributed by atoms with van der Waals surface area (Å²) in [5.41, 5.74) is -29.6. The van der Waals surface area contributed by atoms with Gasteiger partial charge in [0.2, 0.25) is 12.3 Å². The second-order valence-corrected chi connectivity index (χ2v) is 17.1. The number of nitrogens with zero attached hydrogens (tertiary/aromatic N) is 1. The maximum absolute atomic E-state index is 14.2. The zero-order valence-electron chi connectivity index (χ0n) is 37.8. The van der Waals surface area contributed by atoms with Gasteiger partial charge in [-0.3, -0.25) is 4.79 Å². The molecule has 7 rings (SSSR count). The molecule has 0 aliphatic carbocycles. The maximum atomic E-state index is 14.2. The lowest BCUT2D eigenvalue weighted by atomic mass is 9.12. The topological polar surface area (TPSA) is 61.4 Å². The van der Waals surface area contributed by atoms with E-state index < -0.39 is 195 Å². The van der Waals surface area contributed by atoms with E-state index >= 15 is 0 Å². The Balaban J connectivity index is 0.000000387. The minimum atomic E-state index is -6.13. The van der Waals surface area contributed by atoms with Crippen LogP contribution in [0, 0.1) is 0 Å². The predicted molar refractivity (Wildman–Crippen MR) is 228 cm³/mol. The number of aromatic hydroxyl groups is 2. The molecule has 0 radical (unpaired) electrons. The predicted octanol–water partition coefficient (Wildman–Crippen LogP) is 13.6. The van der Waals surface area contributed by atoms with Crippen LogP contribution in [0.4, 0.5) is 105 Å². The zero-order chi connectivity index (χ0) is 58.7. The first-order valence-electron chi connectivity index (χ1n) is 21.2. The standard InChI is InChI=1S/C32H12BF24.C17H13NO3/c34-25(35,36)13-1-14(26(37,38)39)6-21(5-13)33(22-7-15(27(40,41)42)2-16(8-22)28(43,44)45,23-9-17(29(46,47)48)3-18(10-23)30(49,50)51)24-11-19(31(52,53)54)4-20(12-24)32(55,56)57;19-14-6-7-15-13(10-14)8-9-18(17(15)21)11-16(20)12-4-2-1-3-5-12/h1-12H;1-10H,11H2,(H,19,21)/q-1;/p+1. The van der Waals surface area contributed by atoms with Gasteiger partial charge >= 0.3 is 55.3 Å². The van der Waals surface area contributed by atoms with Crippen molar-refractivity contribution >= 4 is 44.6 Å². The summed E-state index contributed by atoms with van der Waals surface area (Å²) in [6, 6.07) is 6.61. The highest BCUT2D eigenvalue weighted by atomic mass is 19.4. The lowest BCUT2D eigenvalue weighted by Crippen LogP contribution is -2.75. The molecule has 1 heterocycles. The molecule has 78 heavy (non-hydrogen) atoms. The number of carbonyl (C=O) groups is 1. The minimum Gasteiger partial charge on any atom is -0.508 e. The molecule has 7 aromatic rings. The van der Waals surface area contributed by atoms with Crippen LogP contribution in [-0.2, 0) is 56.0 Å². The molecule has 0 bridgehead atoms. The third-order valence-corrected chi connectivity index (χ3v) is 11.8. The summed E-state index contributed by atoms with van der Waals surface area (Å²) < 4.78 is 342. The quantitative estimate of drug-likeness (QED) is 0.0724. The fourth-order valence-corrected chi connectivity index (χ4v) is 8.36. The summed E-state index contributed by atoms with van der Waals surface area (Å²) in [7, 11) is 0. The highest BCUT2D eigenvalue weighted by molar-refractivity contribution is 7.20. The van der Waals surface area contributed by atoms with Crippen molar-refractivity contribution in [3.8, 4) is 11.6 Å². The number of phenols is 1. The van der Waals surface area contributed by atoms with Gasteiger partial charge in [0.05, 0.1) is 49.9 Å². The number of aromatic nitrogens is 1. The molecule has 4 nitrogen and oxygen atoms in total. The molecule has 0 atom stereocenters. The van der Waals surface area contributed by atoms with Gasteiger partial charge in [-0.15, -0.1) is 0 Å². The molecule has 0 aliphatic heterocycles. The average Bonchev–Trinajstić information content (AvgIpc) is 3.35. The van der Waals surface area contributed by atoms with Gasteiger partial charge in [0.15, 0.2) is 6.20 Å². The summed E-state index contributed by atoms with van der Waals surface area (Å²) in [6.07, 6.45) is -53.2.